The summed E-state index contributed by atoms with van der Waals surface area (Å²) in [6.45, 7) is 4.58. The summed E-state index contributed by atoms with van der Waals surface area (Å²) in [5, 5.41) is 3.32. The molecule has 1 N–H and O–H groups in total. The normalized spacial score (nSPS) is 22.9. The lowest BCUT2D eigenvalue weighted by Gasteiger charge is -2.16. The van der Waals surface area contributed by atoms with Crippen LogP contribution in [0.5, 0.6) is 0 Å². The van der Waals surface area contributed by atoms with Gasteiger partial charge in [0.25, 0.3) is 0 Å². The lowest BCUT2D eigenvalue weighted by molar-refractivity contribution is -0.128. The Morgan fingerprint density at radius 3 is 2.48 bits per heavy atom. The Kier molecular flexibility index (Phi) is 6.94. The summed E-state index contributed by atoms with van der Waals surface area (Å²) in [4.78, 5) is 31.8. The molecule has 6 heteroatoms. The Labute approximate surface area is 166 Å². The van der Waals surface area contributed by atoms with E-state index in [0.29, 0.717) is 12.6 Å². The number of nitrogens with zero attached hydrogens (tertiary/aromatic N) is 2. The molecule has 1 saturated carbocycles. The summed E-state index contributed by atoms with van der Waals surface area (Å²) in [6, 6.07) is 8.00. The number of thioether (sulfide) groups is 1. The molecule has 0 unspecified atom stereocenters. The van der Waals surface area contributed by atoms with Crippen LogP contribution in [0.2, 0.25) is 0 Å². The molecule has 146 valence electrons. The first kappa shape index (κ1) is 19.9. The van der Waals surface area contributed by atoms with Crippen LogP contribution in [-0.2, 0) is 9.59 Å². The second-order valence-electron chi connectivity index (χ2n) is 7.36. The molecule has 1 aromatic carbocycles. The Balaban J connectivity index is 1.62. The van der Waals surface area contributed by atoms with Crippen molar-refractivity contribution in [1.29, 1.82) is 0 Å². The van der Waals surface area contributed by atoms with Crippen LogP contribution in [0.15, 0.2) is 29.3 Å². The van der Waals surface area contributed by atoms with Gasteiger partial charge in [-0.2, -0.15) is 0 Å². The lowest BCUT2D eigenvalue weighted by Crippen LogP contribution is -2.33. The first-order valence-electron chi connectivity index (χ1n) is 9.99. The molecule has 0 spiro atoms. The summed E-state index contributed by atoms with van der Waals surface area (Å²) in [5.74, 6) is -0.120. The number of aliphatic imine (C=N–C) groups is 1. The number of hydrogen-bond donors (Lipinski definition) is 1. The molecule has 2 amide bonds. The Morgan fingerprint density at radius 2 is 1.85 bits per heavy atom. The van der Waals surface area contributed by atoms with Crippen LogP contribution < -0.4 is 5.32 Å². The zero-order valence-corrected chi connectivity index (χ0v) is 17.1. The molecule has 1 aromatic rings. The smallest absolute Gasteiger partial charge is 0.242 e. The number of carbonyl (C=O) groups excluding carboxylic acids is 2. The van der Waals surface area contributed by atoms with Gasteiger partial charge >= 0.3 is 0 Å². The van der Waals surface area contributed by atoms with Crippen LogP contribution in [0.4, 0.5) is 5.69 Å². The number of amidine groups is 1. The SMILES string of the molecule is CCN1C(=O)[C@@H](CC(=O)Nc2ccc(C)cc2)SC1=NC1CCCCCC1. The predicted octanol–water partition coefficient (Wildman–Crippen LogP) is 4.37. The van der Waals surface area contributed by atoms with E-state index in [9.17, 15) is 9.59 Å². The van der Waals surface area contributed by atoms with Gasteiger partial charge in [-0.25, -0.2) is 0 Å². The highest BCUT2D eigenvalue weighted by molar-refractivity contribution is 8.15. The van der Waals surface area contributed by atoms with Gasteiger partial charge in [0.15, 0.2) is 5.17 Å². The van der Waals surface area contributed by atoms with Crippen LogP contribution in [-0.4, -0.2) is 39.7 Å². The van der Waals surface area contributed by atoms with E-state index in [-0.39, 0.29) is 23.5 Å². The van der Waals surface area contributed by atoms with E-state index in [2.05, 4.69) is 5.32 Å². The molecular weight excluding hydrogens is 358 g/mol. The van der Waals surface area contributed by atoms with Crippen LogP contribution in [0.3, 0.4) is 0 Å². The van der Waals surface area contributed by atoms with Crippen LogP contribution >= 0.6 is 11.8 Å². The summed E-state index contributed by atoms with van der Waals surface area (Å²) >= 11 is 1.46. The topological polar surface area (TPSA) is 61.8 Å². The molecule has 27 heavy (non-hydrogen) atoms. The van der Waals surface area contributed by atoms with Crippen molar-refractivity contribution in [3.63, 3.8) is 0 Å². The standard InChI is InChI=1S/C21H29N3O2S/c1-3-24-20(26)18(14-19(25)22-17-12-10-15(2)11-13-17)27-21(24)23-16-8-6-4-5-7-9-16/h10-13,16,18H,3-9,14H2,1-2H3,(H,22,25)/t18-/m1/s1. The van der Waals surface area contributed by atoms with Crippen molar-refractivity contribution in [2.45, 2.75) is 70.1 Å². The largest absolute Gasteiger partial charge is 0.326 e. The monoisotopic (exact) mass is 387 g/mol. The summed E-state index contributed by atoms with van der Waals surface area (Å²) in [6.07, 6.45) is 7.39. The minimum absolute atomic E-state index is 0.00827. The van der Waals surface area contributed by atoms with Crippen molar-refractivity contribution < 1.29 is 9.59 Å². The fourth-order valence-electron chi connectivity index (χ4n) is 3.59. The number of hydrogen-bond acceptors (Lipinski definition) is 4. The third-order valence-corrected chi connectivity index (χ3v) is 6.35. The zero-order chi connectivity index (χ0) is 19.2. The first-order valence-corrected chi connectivity index (χ1v) is 10.9. The van der Waals surface area contributed by atoms with Gasteiger partial charge in [0, 0.05) is 18.7 Å². The zero-order valence-electron chi connectivity index (χ0n) is 16.2. The van der Waals surface area contributed by atoms with Crippen molar-refractivity contribution in [1.82, 2.24) is 4.90 Å². The summed E-state index contributed by atoms with van der Waals surface area (Å²) in [5.41, 5.74) is 1.91. The quantitative estimate of drug-likeness (QED) is 0.763. The van der Waals surface area contributed by atoms with Gasteiger partial charge in [-0.15, -0.1) is 0 Å². The highest BCUT2D eigenvalue weighted by Crippen LogP contribution is 2.31. The average Bonchev–Trinajstić information content (AvgIpc) is 2.81. The van der Waals surface area contributed by atoms with Gasteiger partial charge in [0.2, 0.25) is 11.8 Å². The maximum absolute atomic E-state index is 12.7. The maximum Gasteiger partial charge on any atom is 0.242 e. The van der Waals surface area contributed by atoms with E-state index in [1.807, 2.05) is 38.1 Å². The van der Waals surface area contributed by atoms with E-state index < -0.39 is 0 Å². The lowest BCUT2D eigenvalue weighted by atomic mass is 10.1. The average molecular weight is 388 g/mol. The van der Waals surface area contributed by atoms with Crippen molar-refractivity contribution >= 4 is 34.4 Å². The van der Waals surface area contributed by atoms with E-state index in [1.54, 1.807) is 4.90 Å². The first-order chi connectivity index (χ1) is 13.1. The van der Waals surface area contributed by atoms with Gasteiger partial charge in [-0.1, -0.05) is 55.1 Å². The maximum atomic E-state index is 12.7. The molecule has 5 nitrogen and oxygen atoms in total. The molecule has 3 rings (SSSR count). The molecule has 1 atom stereocenters. The molecule has 1 aliphatic carbocycles. The minimum Gasteiger partial charge on any atom is -0.326 e. The van der Waals surface area contributed by atoms with Crippen LogP contribution in [0.25, 0.3) is 0 Å². The van der Waals surface area contributed by atoms with Crippen LogP contribution in [0.1, 0.15) is 57.4 Å². The second-order valence-corrected chi connectivity index (χ2v) is 8.53. The van der Waals surface area contributed by atoms with Crippen molar-refractivity contribution in [3.8, 4) is 0 Å². The molecule has 0 aromatic heterocycles. The number of amides is 2. The Bertz CT molecular complexity index is 694. The molecule has 0 radical (unpaired) electrons. The third-order valence-electron chi connectivity index (χ3n) is 5.16. The van der Waals surface area contributed by atoms with Crippen LogP contribution in [0, 0.1) is 6.92 Å². The molecule has 0 bridgehead atoms. The molecule has 2 aliphatic rings. The predicted molar refractivity (Wildman–Crippen MR) is 112 cm³/mol. The van der Waals surface area contributed by atoms with E-state index in [4.69, 9.17) is 4.99 Å². The molecule has 1 aliphatic heterocycles. The number of nitrogens with one attached hydrogen (secondary N) is 1. The fraction of sp³-hybridized carbons (Fsp3) is 0.571. The highest BCUT2D eigenvalue weighted by Gasteiger charge is 2.38. The molecular formula is C21H29N3O2S. The number of rotatable bonds is 5. The number of anilines is 1. The number of aryl methyl sites for hydroxylation is 1. The second kappa shape index (κ2) is 9.40. The number of benzene rings is 1. The van der Waals surface area contributed by atoms with Gasteiger partial charge < -0.3 is 5.32 Å². The van der Waals surface area contributed by atoms with Crippen molar-refractivity contribution in [3.05, 3.63) is 29.8 Å². The number of carbonyl (C=O) groups is 2. The van der Waals surface area contributed by atoms with E-state index in [1.165, 1.54) is 37.4 Å². The fourth-order valence-corrected chi connectivity index (χ4v) is 4.86. The van der Waals surface area contributed by atoms with Gasteiger partial charge in [0.1, 0.15) is 5.25 Å². The molecule has 1 heterocycles. The van der Waals surface area contributed by atoms with Gasteiger partial charge in [-0.05, 0) is 38.8 Å². The Hall–Kier alpha value is -1.82. The molecule has 1 saturated heterocycles. The summed E-state index contributed by atoms with van der Waals surface area (Å²) < 4.78 is 0. The van der Waals surface area contributed by atoms with Crippen molar-refractivity contribution in [2.24, 2.45) is 4.99 Å². The van der Waals surface area contributed by atoms with Crippen molar-refractivity contribution in [2.75, 3.05) is 11.9 Å². The molecule has 2 fully saturated rings. The summed E-state index contributed by atoms with van der Waals surface area (Å²) in [7, 11) is 0. The highest BCUT2D eigenvalue weighted by atomic mass is 32.2. The third kappa shape index (κ3) is 5.34. The minimum atomic E-state index is -0.375. The van der Waals surface area contributed by atoms with Gasteiger partial charge in [0.05, 0.1) is 6.04 Å². The Morgan fingerprint density at radius 1 is 1.19 bits per heavy atom. The van der Waals surface area contributed by atoms with E-state index >= 15 is 0 Å². The van der Waals surface area contributed by atoms with Gasteiger partial charge in [-0.3, -0.25) is 19.5 Å². The van der Waals surface area contributed by atoms with E-state index in [0.717, 1.165) is 29.3 Å².